The molecule has 0 aromatic heterocycles. The van der Waals surface area contributed by atoms with E-state index in [-0.39, 0.29) is 11.5 Å². The second-order valence-corrected chi connectivity index (χ2v) is 4.39. The predicted molar refractivity (Wildman–Crippen MR) is 60.7 cm³/mol. The van der Waals surface area contributed by atoms with Gasteiger partial charge in [0.1, 0.15) is 0 Å². The van der Waals surface area contributed by atoms with E-state index < -0.39 is 0 Å². The molecule has 2 atom stereocenters. The second kappa shape index (κ2) is 5.50. The number of hydrogen-bond acceptors (Lipinski definition) is 3. The maximum absolute atomic E-state index is 11.6. The van der Waals surface area contributed by atoms with Crippen LogP contribution in [-0.2, 0) is 9.53 Å². The molecule has 0 spiro atoms. The van der Waals surface area contributed by atoms with E-state index in [0.29, 0.717) is 18.9 Å². The molecule has 0 aliphatic heterocycles. The average Bonchev–Trinajstić information content (AvgIpc) is 2.61. The third-order valence-corrected chi connectivity index (χ3v) is 3.71. The van der Waals surface area contributed by atoms with Crippen molar-refractivity contribution in [3.05, 3.63) is 0 Å². The molecule has 3 heteroatoms. The highest BCUT2D eigenvalue weighted by Crippen LogP contribution is 2.40. The Kier molecular flexibility index (Phi) is 4.58. The van der Waals surface area contributed by atoms with Crippen LogP contribution in [0.5, 0.6) is 0 Å². The zero-order valence-electron chi connectivity index (χ0n) is 10.1. The Balaban J connectivity index is 2.63. The summed E-state index contributed by atoms with van der Waals surface area (Å²) in [5, 5.41) is 3.37. The summed E-state index contributed by atoms with van der Waals surface area (Å²) in [6, 6.07) is 0. The van der Waals surface area contributed by atoms with Gasteiger partial charge in [-0.2, -0.15) is 0 Å². The highest BCUT2D eigenvalue weighted by Gasteiger charge is 2.42. The van der Waals surface area contributed by atoms with Gasteiger partial charge in [-0.3, -0.25) is 4.79 Å². The summed E-state index contributed by atoms with van der Waals surface area (Å²) >= 11 is 0. The van der Waals surface area contributed by atoms with Gasteiger partial charge in [-0.1, -0.05) is 19.8 Å². The van der Waals surface area contributed by atoms with Crippen molar-refractivity contribution in [2.24, 2.45) is 5.92 Å². The second-order valence-electron chi connectivity index (χ2n) is 4.39. The van der Waals surface area contributed by atoms with Gasteiger partial charge in [0.05, 0.1) is 13.0 Å². The van der Waals surface area contributed by atoms with Crippen LogP contribution in [0.4, 0.5) is 0 Å². The number of hydrogen-bond donors (Lipinski definition) is 1. The molecule has 88 valence electrons. The van der Waals surface area contributed by atoms with Crippen molar-refractivity contribution in [1.29, 1.82) is 0 Å². The van der Waals surface area contributed by atoms with Gasteiger partial charge < -0.3 is 10.1 Å². The monoisotopic (exact) mass is 213 g/mol. The van der Waals surface area contributed by atoms with Crippen molar-refractivity contribution in [3.63, 3.8) is 0 Å². The van der Waals surface area contributed by atoms with Gasteiger partial charge in [-0.15, -0.1) is 0 Å². The lowest BCUT2D eigenvalue weighted by Gasteiger charge is -2.34. The topological polar surface area (TPSA) is 38.3 Å². The Morgan fingerprint density at radius 3 is 2.80 bits per heavy atom. The van der Waals surface area contributed by atoms with Crippen LogP contribution in [0, 0.1) is 5.92 Å². The van der Waals surface area contributed by atoms with Gasteiger partial charge in [0.2, 0.25) is 0 Å². The van der Waals surface area contributed by atoms with Crippen molar-refractivity contribution in [1.82, 2.24) is 5.32 Å². The van der Waals surface area contributed by atoms with Crippen LogP contribution in [0.15, 0.2) is 0 Å². The molecule has 1 N–H and O–H groups in total. The lowest BCUT2D eigenvalue weighted by molar-refractivity contribution is -0.145. The van der Waals surface area contributed by atoms with Crippen LogP contribution < -0.4 is 5.32 Å². The van der Waals surface area contributed by atoms with E-state index in [1.54, 1.807) is 0 Å². The Morgan fingerprint density at radius 1 is 1.53 bits per heavy atom. The number of carbonyl (C=O) groups excluding carboxylic acids is 1. The molecule has 0 bridgehead atoms. The van der Waals surface area contributed by atoms with Crippen LogP contribution in [0.2, 0.25) is 0 Å². The summed E-state index contributed by atoms with van der Waals surface area (Å²) in [6.45, 7) is 4.54. The molecule has 15 heavy (non-hydrogen) atoms. The molecule has 0 amide bonds. The van der Waals surface area contributed by atoms with E-state index in [1.807, 2.05) is 14.0 Å². The predicted octanol–water partition coefficient (Wildman–Crippen LogP) is 2.11. The number of carbonyl (C=O) groups is 1. The van der Waals surface area contributed by atoms with E-state index in [1.165, 1.54) is 12.8 Å². The number of nitrogens with one attached hydrogen (secondary N) is 1. The van der Waals surface area contributed by atoms with Gasteiger partial charge in [0, 0.05) is 5.54 Å². The molecule has 0 radical (unpaired) electrons. The average molecular weight is 213 g/mol. The zero-order valence-corrected chi connectivity index (χ0v) is 10.1. The highest BCUT2D eigenvalue weighted by atomic mass is 16.5. The minimum atomic E-state index is -0.0628. The van der Waals surface area contributed by atoms with E-state index in [4.69, 9.17) is 4.74 Å². The minimum absolute atomic E-state index is 0.000995. The van der Waals surface area contributed by atoms with E-state index in [0.717, 1.165) is 12.8 Å². The highest BCUT2D eigenvalue weighted by molar-refractivity contribution is 5.71. The lowest BCUT2D eigenvalue weighted by atomic mass is 9.82. The first-order chi connectivity index (χ1) is 7.18. The van der Waals surface area contributed by atoms with Gasteiger partial charge in [0.25, 0.3) is 0 Å². The van der Waals surface area contributed by atoms with Crippen LogP contribution >= 0.6 is 0 Å². The molecular formula is C12H23NO2. The van der Waals surface area contributed by atoms with Crippen molar-refractivity contribution in [2.75, 3.05) is 13.7 Å². The molecule has 1 fully saturated rings. The standard InChI is InChI=1S/C12H23NO2/c1-4-10-7-6-8-12(10,13-3)9-11(14)15-5-2/h10,13H,4-9H2,1-3H3. The van der Waals surface area contributed by atoms with E-state index in [2.05, 4.69) is 12.2 Å². The normalized spacial score (nSPS) is 30.5. The molecule has 1 aliphatic carbocycles. The Morgan fingerprint density at radius 2 is 2.27 bits per heavy atom. The smallest absolute Gasteiger partial charge is 0.307 e. The van der Waals surface area contributed by atoms with Crippen LogP contribution in [0.3, 0.4) is 0 Å². The van der Waals surface area contributed by atoms with E-state index >= 15 is 0 Å². The van der Waals surface area contributed by atoms with E-state index in [9.17, 15) is 4.79 Å². The van der Waals surface area contributed by atoms with Crippen LogP contribution in [0.25, 0.3) is 0 Å². The summed E-state index contributed by atoms with van der Waals surface area (Å²) in [6.07, 6.45) is 5.21. The summed E-state index contributed by atoms with van der Waals surface area (Å²) in [4.78, 5) is 11.6. The maximum Gasteiger partial charge on any atom is 0.307 e. The zero-order chi connectivity index (χ0) is 11.3. The third-order valence-electron chi connectivity index (χ3n) is 3.71. The fourth-order valence-electron chi connectivity index (χ4n) is 2.86. The molecule has 3 nitrogen and oxygen atoms in total. The Labute approximate surface area is 92.6 Å². The van der Waals surface area contributed by atoms with Gasteiger partial charge in [-0.05, 0) is 32.7 Å². The Hall–Kier alpha value is -0.570. The van der Waals surface area contributed by atoms with Gasteiger partial charge >= 0.3 is 5.97 Å². The first kappa shape index (κ1) is 12.5. The molecule has 1 saturated carbocycles. The lowest BCUT2D eigenvalue weighted by Crippen LogP contribution is -2.48. The summed E-state index contributed by atoms with van der Waals surface area (Å²) < 4.78 is 5.04. The molecule has 2 unspecified atom stereocenters. The Bertz CT molecular complexity index is 218. The molecule has 0 aromatic carbocycles. The van der Waals surface area contributed by atoms with Crippen molar-refractivity contribution in [3.8, 4) is 0 Å². The van der Waals surface area contributed by atoms with Gasteiger partial charge in [0.15, 0.2) is 0 Å². The summed E-state index contributed by atoms with van der Waals surface area (Å²) in [5.74, 6) is 0.555. The molecule has 0 heterocycles. The van der Waals surface area contributed by atoms with Crippen LogP contribution in [0.1, 0.15) is 46.0 Å². The third kappa shape index (κ3) is 2.71. The number of rotatable bonds is 5. The fourth-order valence-corrected chi connectivity index (χ4v) is 2.86. The molecule has 0 saturated heterocycles. The number of ether oxygens (including phenoxy) is 1. The number of esters is 1. The van der Waals surface area contributed by atoms with Crippen LogP contribution in [-0.4, -0.2) is 25.2 Å². The first-order valence-electron chi connectivity index (χ1n) is 6.03. The SMILES string of the molecule is CCOC(=O)CC1(NC)CCCC1CC. The van der Waals surface area contributed by atoms with Crippen molar-refractivity contribution >= 4 is 5.97 Å². The molecule has 1 rings (SSSR count). The van der Waals surface area contributed by atoms with Gasteiger partial charge in [-0.25, -0.2) is 0 Å². The maximum atomic E-state index is 11.6. The first-order valence-corrected chi connectivity index (χ1v) is 6.03. The van der Waals surface area contributed by atoms with Crippen molar-refractivity contribution in [2.45, 2.75) is 51.5 Å². The summed E-state index contributed by atoms with van der Waals surface area (Å²) in [5.41, 5.74) is 0.000995. The molecular weight excluding hydrogens is 190 g/mol. The molecule has 0 aromatic rings. The minimum Gasteiger partial charge on any atom is -0.466 e. The quantitative estimate of drug-likeness (QED) is 0.711. The molecule has 1 aliphatic rings. The van der Waals surface area contributed by atoms with Crippen molar-refractivity contribution < 1.29 is 9.53 Å². The summed E-state index contributed by atoms with van der Waals surface area (Å²) in [7, 11) is 1.97. The fraction of sp³-hybridized carbons (Fsp3) is 0.917. The largest absolute Gasteiger partial charge is 0.466 e.